The first-order valence-corrected chi connectivity index (χ1v) is 3.86. The molecule has 0 amide bonds. The SMILES string of the molecule is Cc1ccc(C(=O)C(C)C(=O)O)o1. The summed E-state index contributed by atoms with van der Waals surface area (Å²) in [4.78, 5) is 21.8. The van der Waals surface area contributed by atoms with Crippen LogP contribution in [0.4, 0.5) is 0 Å². The van der Waals surface area contributed by atoms with E-state index in [-0.39, 0.29) is 5.76 Å². The third-order valence-corrected chi connectivity index (χ3v) is 1.75. The number of hydrogen-bond acceptors (Lipinski definition) is 3. The first kappa shape index (κ1) is 9.51. The van der Waals surface area contributed by atoms with Crippen LogP contribution in [0.2, 0.25) is 0 Å². The average molecular weight is 182 g/mol. The minimum atomic E-state index is -1.14. The Bertz CT molecular complexity index is 337. The van der Waals surface area contributed by atoms with Crippen LogP contribution in [0.3, 0.4) is 0 Å². The number of furan rings is 1. The highest BCUT2D eigenvalue weighted by molar-refractivity contribution is 6.06. The number of carbonyl (C=O) groups excluding carboxylic acids is 1. The third-order valence-electron chi connectivity index (χ3n) is 1.75. The maximum absolute atomic E-state index is 11.3. The molecule has 0 aromatic carbocycles. The van der Waals surface area contributed by atoms with Crippen LogP contribution in [-0.4, -0.2) is 16.9 Å². The lowest BCUT2D eigenvalue weighted by Gasteiger charge is -2.00. The van der Waals surface area contributed by atoms with E-state index in [4.69, 9.17) is 9.52 Å². The molecule has 13 heavy (non-hydrogen) atoms. The Morgan fingerprint density at radius 3 is 2.46 bits per heavy atom. The molecular weight excluding hydrogens is 172 g/mol. The highest BCUT2D eigenvalue weighted by Gasteiger charge is 2.24. The number of ketones is 1. The van der Waals surface area contributed by atoms with E-state index in [1.807, 2.05) is 0 Å². The van der Waals surface area contributed by atoms with Gasteiger partial charge in [-0.15, -0.1) is 0 Å². The van der Waals surface area contributed by atoms with Gasteiger partial charge in [0.1, 0.15) is 11.7 Å². The molecule has 0 aliphatic rings. The van der Waals surface area contributed by atoms with Crippen molar-refractivity contribution >= 4 is 11.8 Å². The number of hydrogen-bond donors (Lipinski definition) is 1. The zero-order valence-electron chi connectivity index (χ0n) is 7.40. The van der Waals surface area contributed by atoms with Gasteiger partial charge in [0.05, 0.1) is 0 Å². The van der Waals surface area contributed by atoms with Crippen molar-refractivity contribution < 1.29 is 19.1 Å². The lowest BCUT2D eigenvalue weighted by Crippen LogP contribution is -2.19. The molecule has 1 aromatic heterocycles. The van der Waals surface area contributed by atoms with Gasteiger partial charge in [-0.1, -0.05) is 0 Å². The first-order chi connectivity index (χ1) is 6.02. The van der Waals surface area contributed by atoms with Crippen molar-refractivity contribution in [3.8, 4) is 0 Å². The molecule has 1 N–H and O–H groups in total. The predicted octanol–water partition coefficient (Wildman–Crippen LogP) is 1.49. The monoisotopic (exact) mass is 182 g/mol. The maximum atomic E-state index is 11.3. The Labute approximate surface area is 75.2 Å². The Morgan fingerprint density at radius 1 is 1.46 bits per heavy atom. The summed E-state index contributed by atoms with van der Waals surface area (Å²) in [5.74, 6) is -1.99. The predicted molar refractivity (Wildman–Crippen MR) is 44.6 cm³/mol. The second kappa shape index (κ2) is 3.43. The highest BCUT2D eigenvalue weighted by atomic mass is 16.4. The molecule has 4 nitrogen and oxygen atoms in total. The van der Waals surface area contributed by atoms with Gasteiger partial charge in [0, 0.05) is 0 Å². The highest BCUT2D eigenvalue weighted by Crippen LogP contribution is 2.12. The molecule has 1 rings (SSSR count). The van der Waals surface area contributed by atoms with Crippen LogP contribution in [-0.2, 0) is 4.79 Å². The normalized spacial score (nSPS) is 12.5. The molecule has 0 fully saturated rings. The summed E-state index contributed by atoms with van der Waals surface area (Å²) >= 11 is 0. The summed E-state index contributed by atoms with van der Waals surface area (Å²) in [6.45, 7) is 3.03. The molecule has 1 aromatic rings. The molecule has 1 atom stereocenters. The number of carboxylic acid groups (broad SMARTS) is 1. The Morgan fingerprint density at radius 2 is 2.08 bits per heavy atom. The number of rotatable bonds is 3. The molecule has 70 valence electrons. The van der Waals surface area contributed by atoms with Crippen LogP contribution in [0, 0.1) is 12.8 Å². The lowest BCUT2D eigenvalue weighted by molar-refractivity contribution is -0.139. The molecule has 1 unspecified atom stereocenters. The van der Waals surface area contributed by atoms with E-state index in [0.29, 0.717) is 5.76 Å². The van der Waals surface area contributed by atoms with Gasteiger partial charge >= 0.3 is 5.97 Å². The fourth-order valence-corrected chi connectivity index (χ4v) is 0.892. The molecule has 1 heterocycles. The molecule has 0 radical (unpaired) electrons. The van der Waals surface area contributed by atoms with Crippen molar-refractivity contribution in [3.63, 3.8) is 0 Å². The third kappa shape index (κ3) is 1.96. The molecule has 0 aliphatic carbocycles. The van der Waals surface area contributed by atoms with Gasteiger partial charge in [0.2, 0.25) is 5.78 Å². The summed E-state index contributed by atoms with van der Waals surface area (Å²) < 4.78 is 5.00. The van der Waals surface area contributed by atoms with Crippen molar-refractivity contribution in [1.82, 2.24) is 0 Å². The zero-order chi connectivity index (χ0) is 10.0. The number of aryl methyl sites for hydroxylation is 1. The summed E-state index contributed by atoms with van der Waals surface area (Å²) in [5.41, 5.74) is 0. The van der Waals surface area contributed by atoms with E-state index in [0.717, 1.165) is 0 Å². The van der Waals surface area contributed by atoms with Crippen molar-refractivity contribution in [2.45, 2.75) is 13.8 Å². The maximum Gasteiger partial charge on any atom is 0.314 e. The Hall–Kier alpha value is -1.58. The standard InChI is InChI=1S/C9H10O4/c1-5-3-4-7(13-5)8(10)6(2)9(11)12/h3-4,6H,1-2H3,(H,11,12). The van der Waals surface area contributed by atoms with Crippen LogP contribution in [0.1, 0.15) is 23.2 Å². The largest absolute Gasteiger partial charge is 0.481 e. The number of carboxylic acids is 1. The molecule has 0 bridgehead atoms. The van der Waals surface area contributed by atoms with E-state index < -0.39 is 17.7 Å². The molecule has 0 saturated heterocycles. The topological polar surface area (TPSA) is 67.5 Å². The summed E-state index contributed by atoms with van der Waals surface area (Å²) in [7, 11) is 0. The average Bonchev–Trinajstić information content (AvgIpc) is 2.49. The molecule has 0 aliphatic heterocycles. The van der Waals surface area contributed by atoms with Crippen molar-refractivity contribution in [3.05, 3.63) is 23.7 Å². The number of aliphatic carboxylic acids is 1. The molecule has 0 spiro atoms. The smallest absolute Gasteiger partial charge is 0.314 e. The summed E-state index contributed by atoms with van der Waals surface area (Å²) in [6, 6.07) is 3.11. The quantitative estimate of drug-likeness (QED) is 0.568. The van der Waals surface area contributed by atoms with Gasteiger partial charge in [-0.3, -0.25) is 9.59 Å². The van der Waals surface area contributed by atoms with E-state index in [9.17, 15) is 9.59 Å². The van der Waals surface area contributed by atoms with Crippen LogP contribution < -0.4 is 0 Å². The van der Waals surface area contributed by atoms with Gasteiger partial charge in [-0.25, -0.2) is 0 Å². The summed E-state index contributed by atoms with van der Waals surface area (Å²) in [5, 5.41) is 8.56. The fourth-order valence-electron chi connectivity index (χ4n) is 0.892. The first-order valence-electron chi connectivity index (χ1n) is 3.86. The van der Waals surface area contributed by atoms with E-state index in [1.165, 1.54) is 13.0 Å². The van der Waals surface area contributed by atoms with Gasteiger partial charge in [-0.05, 0) is 26.0 Å². The summed E-state index contributed by atoms with van der Waals surface area (Å²) in [6.07, 6.45) is 0. The van der Waals surface area contributed by atoms with Crippen molar-refractivity contribution in [2.24, 2.45) is 5.92 Å². The second-order valence-electron chi connectivity index (χ2n) is 2.83. The van der Waals surface area contributed by atoms with Crippen LogP contribution in [0.25, 0.3) is 0 Å². The Balaban J connectivity index is 2.85. The second-order valence-corrected chi connectivity index (χ2v) is 2.83. The minimum absolute atomic E-state index is 0.104. The molecule has 4 heteroatoms. The van der Waals surface area contributed by atoms with Crippen molar-refractivity contribution in [2.75, 3.05) is 0 Å². The van der Waals surface area contributed by atoms with E-state index in [1.54, 1.807) is 13.0 Å². The van der Waals surface area contributed by atoms with Crippen LogP contribution in [0.5, 0.6) is 0 Å². The van der Waals surface area contributed by atoms with Crippen LogP contribution >= 0.6 is 0 Å². The number of Topliss-reactive ketones (excluding diaryl/α,β-unsaturated/α-hetero) is 1. The lowest BCUT2D eigenvalue weighted by atomic mass is 10.1. The molecule has 0 saturated carbocycles. The van der Waals surface area contributed by atoms with Gasteiger partial charge in [-0.2, -0.15) is 0 Å². The fraction of sp³-hybridized carbons (Fsp3) is 0.333. The zero-order valence-corrected chi connectivity index (χ0v) is 7.40. The molecular formula is C9H10O4. The number of carbonyl (C=O) groups is 2. The van der Waals surface area contributed by atoms with E-state index >= 15 is 0 Å². The van der Waals surface area contributed by atoms with Gasteiger partial charge in [0.15, 0.2) is 5.76 Å². The minimum Gasteiger partial charge on any atom is -0.481 e. The van der Waals surface area contributed by atoms with Gasteiger partial charge in [0.25, 0.3) is 0 Å². The van der Waals surface area contributed by atoms with Crippen molar-refractivity contribution in [1.29, 1.82) is 0 Å². The van der Waals surface area contributed by atoms with E-state index in [2.05, 4.69) is 0 Å². The van der Waals surface area contributed by atoms with Crippen LogP contribution in [0.15, 0.2) is 16.5 Å². The van der Waals surface area contributed by atoms with Gasteiger partial charge < -0.3 is 9.52 Å². The Kier molecular flexibility index (Phi) is 2.51.